The fourth-order valence-corrected chi connectivity index (χ4v) is 4.84. The van der Waals surface area contributed by atoms with Crippen molar-refractivity contribution in [1.82, 2.24) is 0 Å². The number of nitrogens with one attached hydrogen (secondary N) is 2. The summed E-state index contributed by atoms with van der Waals surface area (Å²) in [6.45, 7) is 0. The van der Waals surface area contributed by atoms with E-state index < -0.39 is 58.7 Å². The van der Waals surface area contributed by atoms with Crippen LogP contribution in [0.2, 0.25) is 0 Å². The van der Waals surface area contributed by atoms with Crippen LogP contribution >= 0.6 is 0 Å². The predicted octanol–water partition coefficient (Wildman–Crippen LogP) is 3.42. The molecule has 8 nitrogen and oxygen atoms in total. The van der Waals surface area contributed by atoms with Crippen LogP contribution in [0.25, 0.3) is 0 Å². The topological polar surface area (TPSA) is 122 Å². The summed E-state index contributed by atoms with van der Waals surface area (Å²) < 4.78 is 99.9. The maximum absolute atomic E-state index is 13.9. The molecule has 0 heterocycles. The monoisotopic (exact) mass is 488 g/mol. The lowest BCUT2D eigenvalue weighted by Crippen LogP contribution is -2.17. The van der Waals surface area contributed by atoms with Crippen LogP contribution in [0.15, 0.2) is 64.4 Å². The highest BCUT2D eigenvalue weighted by Gasteiger charge is 2.26. The number of phenols is 1. The molecule has 0 amide bonds. The zero-order chi connectivity index (χ0) is 23.7. The van der Waals surface area contributed by atoms with Gasteiger partial charge in [0.2, 0.25) is 0 Å². The maximum Gasteiger partial charge on any atom is 0.265 e. The van der Waals surface area contributed by atoms with Crippen molar-refractivity contribution in [2.24, 2.45) is 0 Å². The quantitative estimate of drug-likeness (QED) is 0.346. The second kappa shape index (κ2) is 8.59. The summed E-state index contributed by atoms with van der Waals surface area (Å²) >= 11 is 0. The van der Waals surface area contributed by atoms with Crippen molar-refractivity contribution in [3.8, 4) is 11.5 Å². The van der Waals surface area contributed by atoms with E-state index in [1.54, 1.807) is 16.9 Å². The summed E-state index contributed by atoms with van der Waals surface area (Å²) in [5.74, 6) is -6.06. The number of aromatic hydroxyl groups is 1. The smallest absolute Gasteiger partial charge is 0.265 e. The minimum absolute atomic E-state index is 0.0917. The summed E-state index contributed by atoms with van der Waals surface area (Å²) in [7, 11) is -7.82. The van der Waals surface area contributed by atoms with E-state index in [1.807, 2.05) is 0 Å². The third-order valence-electron chi connectivity index (χ3n) is 4.16. The number of hydrogen-bond acceptors (Lipinski definition) is 6. The fourth-order valence-electron chi connectivity index (χ4n) is 2.61. The number of anilines is 2. The predicted molar refractivity (Wildman–Crippen MR) is 109 cm³/mol. The second-order valence-corrected chi connectivity index (χ2v) is 9.60. The molecule has 0 fully saturated rings. The molecule has 170 valence electrons. The van der Waals surface area contributed by atoms with E-state index in [4.69, 9.17) is 4.74 Å². The molecular formula is C19H15F3N2O6S2. The van der Waals surface area contributed by atoms with Crippen LogP contribution in [-0.2, 0) is 20.0 Å². The van der Waals surface area contributed by atoms with Gasteiger partial charge in [-0.05, 0) is 42.5 Å². The molecule has 0 saturated heterocycles. The molecule has 0 aliphatic carbocycles. The van der Waals surface area contributed by atoms with Gasteiger partial charge in [-0.15, -0.1) is 0 Å². The first kappa shape index (κ1) is 23.2. The average molecular weight is 488 g/mol. The maximum atomic E-state index is 13.9. The fraction of sp³-hybridized carbons (Fsp3) is 0.0526. The number of benzene rings is 3. The molecular weight excluding hydrogens is 473 g/mol. The van der Waals surface area contributed by atoms with Gasteiger partial charge in [0.15, 0.2) is 17.5 Å². The molecule has 0 aromatic heterocycles. The molecule has 0 radical (unpaired) electrons. The number of hydrogen-bond donors (Lipinski definition) is 3. The van der Waals surface area contributed by atoms with Crippen molar-refractivity contribution >= 4 is 31.4 Å². The summed E-state index contributed by atoms with van der Waals surface area (Å²) in [6.07, 6.45) is 0. The number of methoxy groups -OCH3 is 1. The van der Waals surface area contributed by atoms with Crippen molar-refractivity contribution in [2.45, 2.75) is 9.79 Å². The average Bonchev–Trinajstić information content (AvgIpc) is 2.73. The largest absolute Gasteiger partial charge is 0.506 e. The van der Waals surface area contributed by atoms with Gasteiger partial charge in [-0.2, -0.15) is 0 Å². The Kier molecular flexibility index (Phi) is 6.23. The van der Waals surface area contributed by atoms with E-state index in [1.165, 1.54) is 19.2 Å². The van der Waals surface area contributed by atoms with Gasteiger partial charge in [-0.3, -0.25) is 9.44 Å². The standard InChI is InChI=1S/C19H15F3N2O6S2/c1-30-16-5-3-2-4-13(16)23-31(26,27)11-6-8-15(25)14(10-11)24-32(28,29)17-9-7-12(20)18(21)19(17)22/h2-10,23-25H,1H3. The minimum atomic E-state index is -4.86. The summed E-state index contributed by atoms with van der Waals surface area (Å²) in [6, 6.07) is 9.62. The highest BCUT2D eigenvalue weighted by atomic mass is 32.2. The molecule has 3 rings (SSSR count). The van der Waals surface area contributed by atoms with Gasteiger partial charge in [-0.25, -0.2) is 30.0 Å². The van der Waals surface area contributed by atoms with Crippen LogP contribution in [0.3, 0.4) is 0 Å². The third kappa shape index (κ3) is 4.57. The highest BCUT2D eigenvalue weighted by Crippen LogP contribution is 2.32. The SMILES string of the molecule is COc1ccccc1NS(=O)(=O)c1ccc(O)c(NS(=O)(=O)c2ccc(F)c(F)c2F)c1. The van der Waals surface area contributed by atoms with E-state index >= 15 is 0 Å². The van der Waals surface area contributed by atoms with Gasteiger partial charge >= 0.3 is 0 Å². The number of halogens is 3. The Labute approximate surface area is 181 Å². The number of phenolic OH excluding ortho intramolecular Hbond substituents is 1. The van der Waals surface area contributed by atoms with Crippen molar-refractivity contribution in [3.63, 3.8) is 0 Å². The number of ether oxygens (including phenoxy) is 1. The van der Waals surface area contributed by atoms with Crippen molar-refractivity contribution in [2.75, 3.05) is 16.6 Å². The van der Waals surface area contributed by atoms with Gasteiger partial charge < -0.3 is 9.84 Å². The van der Waals surface area contributed by atoms with Gasteiger partial charge in [0.25, 0.3) is 20.0 Å². The lowest BCUT2D eigenvalue weighted by molar-refractivity contribution is 0.417. The zero-order valence-corrected chi connectivity index (χ0v) is 17.8. The zero-order valence-electron chi connectivity index (χ0n) is 16.1. The first-order valence-electron chi connectivity index (χ1n) is 8.61. The molecule has 0 atom stereocenters. The Balaban J connectivity index is 1.98. The van der Waals surface area contributed by atoms with Crippen LogP contribution in [0.1, 0.15) is 0 Å². The molecule has 0 bridgehead atoms. The van der Waals surface area contributed by atoms with E-state index in [0.29, 0.717) is 12.1 Å². The lowest BCUT2D eigenvalue weighted by atomic mass is 10.3. The number of sulfonamides is 2. The second-order valence-electron chi connectivity index (χ2n) is 6.26. The van der Waals surface area contributed by atoms with Crippen LogP contribution in [-0.4, -0.2) is 29.1 Å². The third-order valence-corrected chi connectivity index (χ3v) is 6.91. The first-order chi connectivity index (χ1) is 15.0. The Hall–Kier alpha value is -3.45. The van der Waals surface area contributed by atoms with Crippen LogP contribution in [0.4, 0.5) is 24.5 Å². The van der Waals surface area contributed by atoms with E-state index in [2.05, 4.69) is 4.72 Å². The van der Waals surface area contributed by atoms with E-state index in [-0.39, 0.29) is 11.4 Å². The van der Waals surface area contributed by atoms with Gasteiger partial charge in [0.1, 0.15) is 16.4 Å². The van der Waals surface area contributed by atoms with E-state index in [9.17, 15) is 35.1 Å². The molecule has 13 heteroatoms. The Morgan fingerprint density at radius 3 is 2.16 bits per heavy atom. The molecule has 3 aromatic carbocycles. The lowest BCUT2D eigenvalue weighted by Gasteiger charge is -2.14. The van der Waals surface area contributed by atoms with Crippen LogP contribution in [0, 0.1) is 17.5 Å². The molecule has 0 saturated carbocycles. The van der Waals surface area contributed by atoms with Crippen molar-refractivity contribution < 1.29 is 39.9 Å². The van der Waals surface area contributed by atoms with Crippen LogP contribution < -0.4 is 14.2 Å². The molecule has 0 aliphatic rings. The normalized spacial score (nSPS) is 11.8. The highest BCUT2D eigenvalue weighted by molar-refractivity contribution is 7.93. The van der Waals surface area contributed by atoms with Gasteiger partial charge in [-0.1, -0.05) is 12.1 Å². The van der Waals surface area contributed by atoms with Crippen molar-refractivity contribution in [1.29, 1.82) is 0 Å². The summed E-state index contributed by atoms with van der Waals surface area (Å²) in [4.78, 5) is -1.71. The molecule has 0 aliphatic heterocycles. The number of para-hydroxylation sites is 2. The van der Waals surface area contributed by atoms with Crippen LogP contribution in [0.5, 0.6) is 11.5 Å². The molecule has 0 unspecified atom stereocenters. The van der Waals surface area contributed by atoms with E-state index in [0.717, 1.165) is 18.2 Å². The molecule has 3 aromatic rings. The molecule has 3 N–H and O–H groups in total. The van der Waals surface area contributed by atoms with Gasteiger partial charge in [0, 0.05) is 0 Å². The Morgan fingerprint density at radius 1 is 0.812 bits per heavy atom. The Bertz CT molecular complexity index is 1400. The van der Waals surface area contributed by atoms with Crippen molar-refractivity contribution in [3.05, 3.63) is 72.0 Å². The van der Waals surface area contributed by atoms with Gasteiger partial charge in [0.05, 0.1) is 23.4 Å². The minimum Gasteiger partial charge on any atom is -0.506 e. The Morgan fingerprint density at radius 2 is 1.47 bits per heavy atom. The molecule has 32 heavy (non-hydrogen) atoms. The molecule has 0 spiro atoms. The first-order valence-corrected chi connectivity index (χ1v) is 11.6. The summed E-state index contributed by atoms with van der Waals surface area (Å²) in [5.41, 5.74) is -0.550. The number of rotatable bonds is 7. The summed E-state index contributed by atoms with van der Waals surface area (Å²) in [5, 5.41) is 9.96.